The van der Waals surface area contributed by atoms with Crippen LogP contribution in [0.5, 0.6) is 0 Å². The lowest BCUT2D eigenvalue weighted by molar-refractivity contribution is 0.353. The Kier molecular flexibility index (Phi) is 4.98. The van der Waals surface area contributed by atoms with E-state index in [4.69, 9.17) is 0 Å². The number of hydrogen-bond donors (Lipinski definition) is 1. The van der Waals surface area contributed by atoms with Crippen molar-refractivity contribution in [3.05, 3.63) is 46.4 Å². The minimum Gasteiger partial charge on any atom is -0.285 e. The molecule has 1 aromatic heterocycles. The third-order valence-corrected chi connectivity index (χ3v) is 5.52. The molecule has 0 atom stereocenters. The van der Waals surface area contributed by atoms with Gasteiger partial charge in [-0.25, -0.2) is 4.79 Å². The number of thioether (sulfide) groups is 2. The predicted molar refractivity (Wildman–Crippen MR) is 86.7 cm³/mol. The first-order valence-electron chi connectivity index (χ1n) is 7.07. The molecule has 0 amide bonds. The molecular formula is C15H17N3OS2. The van der Waals surface area contributed by atoms with Crippen molar-refractivity contribution in [2.45, 2.75) is 35.3 Å². The summed E-state index contributed by atoms with van der Waals surface area (Å²) in [5, 5.41) is 1.25. The molecule has 1 heterocycles. The summed E-state index contributed by atoms with van der Waals surface area (Å²) in [5.74, 6) is 2.60. The molecule has 1 N–H and O–H groups in total. The van der Waals surface area contributed by atoms with Crippen LogP contribution in [0, 0.1) is 5.92 Å². The van der Waals surface area contributed by atoms with Crippen molar-refractivity contribution >= 4 is 23.5 Å². The molecule has 21 heavy (non-hydrogen) atoms. The van der Waals surface area contributed by atoms with Gasteiger partial charge in [0.2, 0.25) is 0 Å². The maximum atomic E-state index is 11.6. The van der Waals surface area contributed by atoms with E-state index >= 15 is 0 Å². The van der Waals surface area contributed by atoms with Crippen LogP contribution in [-0.2, 0) is 5.75 Å². The number of nitrogens with one attached hydrogen (secondary N) is 1. The average molecular weight is 319 g/mol. The van der Waals surface area contributed by atoms with Gasteiger partial charge in [-0.1, -0.05) is 60.3 Å². The third kappa shape index (κ3) is 4.35. The Morgan fingerprint density at radius 3 is 2.67 bits per heavy atom. The summed E-state index contributed by atoms with van der Waals surface area (Å²) < 4.78 is 0. The highest BCUT2D eigenvalue weighted by molar-refractivity contribution is 7.99. The molecule has 0 aliphatic heterocycles. The van der Waals surface area contributed by atoms with E-state index in [-0.39, 0.29) is 5.69 Å². The number of aromatic nitrogens is 3. The van der Waals surface area contributed by atoms with Crippen molar-refractivity contribution in [2.24, 2.45) is 5.92 Å². The van der Waals surface area contributed by atoms with Gasteiger partial charge in [0, 0.05) is 11.5 Å². The van der Waals surface area contributed by atoms with Crippen LogP contribution in [0.4, 0.5) is 0 Å². The Hall–Kier alpha value is -1.27. The molecule has 4 nitrogen and oxygen atoms in total. The van der Waals surface area contributed by atoms with Gasteiger partial charge >= 0.3 is 5.69 Å². The first-order chi connectivity index (χ1) is 10.3. The lowest BCUT2D eigenvalue weighted by Crippen LogP contribution is -2.16. The summed E-state index contributed by atoms with van der Waals surface area (Å²) >= 11 is 3.13. The van der Waals surface area contributed by atoms with Crippen LogP contribution in [-0.4, -0.2) is 20.7 Å². The van der Waals surface area contributed by atoms with E-state index in [1.54, 1.807) is 11.8 Å². The van der Waals surface area contributed by atoms with Crippen molar-refractivity contribution in [2.75, 3.05) is 5.75 Å². The van der Waals surface area contributed by atoms with Gasteiger partial charge in [-0.05, 0) is 24.3 Å². The number of H-pyrrole nitrogens is 1. The Morgan fingerprint density at radius 1 is 1.14 bits per heavy atom. The molecule has 1 aliphatic rings. The quantitative estimate of drug-likeness (QED) is 0.827. The molecule has 0 unspecified atom stereocenters. The highest BCUT2D eigenvalue weighted by atomic mass is 32.2. The van der Waals surface area contributed by atoms with Gasteiger partial charge in [-0.2, -0.15) is 9.97 Å². The smallest absolute Gasteiger partial charge is 0.285 e. The minimum absolute atomic E-state index is 0.309. The fourth-order valence-corrected chi connectivity index (χ4v) is 3.94. The molecule has 6 heteroatoms. The lowest BCUT2D eigenvalue weighted by Gasteiger charge is -2.24. The predicted octanol–water partition coefficient (Wildman–Crippen LogP) is 3.35. The highest BCUT2D eigenvalue weighted by Crippen LogP contribution is 2.31. The van der Waals surface area contributed by atoms with E-state index in [2.05, 4.69) is 27.1 Å². The van der Waals surface area contributed by atoms with Crippen molar-refractivity contribution in [3.63, 3.8) is 0 Å². The molecule has 1 fully saturated rings. The molecular weight excluding hydrogens is 302 g/mol. The molecule has 3 rings (SSSR count). The second-order valence-corrected chi connectivity index (χ2v) is 7.07. The number of rotatable bonds is 6. The lowest BCUT2D eigenvalue weighted by atomic mass is 9.87. The van der Waals surface area contributed by atoms with Crippen LogP contribution in [0.1, 0.15) is 24.8 Å². The molecule has 0 radical (unpaired) electrons. The van der Waals surface area contributed by atoms with Gasteiger partial charge in [0.05, 0.1) is 0 Å². The molecule has 1 aliphatic carbocycles. The molecule has 1 aromatic carbocycles. The normalized spacial score (nSPS) is 14.9. The monoisotopic (exact) mass is 319 g/mol. The topological polar surface area (TPSA) is 58.6 Å². The Labute approximate surface area is 132 Å². The minimum atomic E-state index is -0.309. The standard InChI is InChI=1S/C15H17N3OS2/c19-13-16-14(20-9-11-5-2-1-3-6-11)18-15(17-13)21-10-12-7-4-8-12/h1-3,5-6,12H,4,7-10H2,(H,16,17,18,19). The first-order valence-corrected chi connectivity index (χ1v) is 9.04. The number of aromatic amines is 1. The maximum Gasteiger partial charge on any atom is 0.349 e. The third-order valence-electron chi connectivity index (χ3n) is 3.50. The zero-order valence-electron chi connectivity index (χ0n) is 11.6. The van der Waals surface area contributed by atoms with E-state index in [1.165, 1.54) is 36.6 Å². The summed E-state index contributed by atoms with van der Waals surface area (Å²) in [6.07, 6.45) is 3.94. The summed E-state index contributed by atoms with van der Waals surface area (Å²) in [4.78, 5) is 22.7. The van der Waals surface area contributed by atoms with E-state index in [1.807, 2.05) is 18.2 Å². The van der Waals surface area contributed by atoms with Crippen molar-refractivity contribution in [3.8, 4) is 0 Å². The average Bonchev–Trinajstić information content (AvgIpc) is 2.44. The number of benzene rings is 1. The van der Waals surface area contributed by atoms with E-state index in [9.17, 15) is 4.79 Å². The van der Waals surface area contributed by atoms with Crippen molar-refractivity contribution in [1.29, 1.82) is 0 Å². The molecule has 0 spiro atoms. The molecule has 1 saturated carbocycles. The fraction of sp³-hybridized carbons (Fsp3) is 0.400. The zero-order chi connectivity index (χ0) is 14.5. The molecule has 110 valence electrons. The summed E-state index contributed by atoms with van der Waals surface area (Å²) in [6, 6.07) is 10.1. The Balaban J connectivity index is 1.61. The van der Waals surface area contributed by atoms with Crippen LogP contribution >= 0.6 is 23.5 Å². The van der Waals surface area contributed by atoms with Gasteiger partial charge in [-0.3, -0.25) is 4.98 Å². The van der Waals surface area contributed by atoms with Gasteiger partial charge in [0.15, 0.2) is 10.3 Å². The van der Waals surface area contributed by atoms with Crippen LogP contribution in [0.25, 0.3) is 0 Å². The second-order valence-electron chi connectivity index (χ2n) is 5.12. The summed E-state index contributed by atoms with van der Waals surface area (Å²) in [7, 11) is 0. The molecule has 0 bridgehead atoms. The Bertz CT molecular complexity index is 641. The van der Waals surface area contributed by atoms with Crippen LogP contribution in [0.3, 0.4) is 0 Å². The van der Waals surface area contributed by atoms with E-state index in [0.29, 0.717) is 10.3 Å². The van der Waals surface area contributed by atoms with Crippen molar-refractivity contribution < 1.29 is 0 Å². The number of hydrogen-bond acceptors (Lipinski definition) is 5. The van der Waals surface area contributed by atoms with Gasteiger partial charge in [0.25, 0.3) is 0 Å². The molecule has 0 saturated heterocycles. The van der Waals surface area contributed by atoms with Gasteiger partial charge < -0.3 is 0 Å². The van der Waals surface area contributed by atoms with Gasteiger partial charge in [-0.15, -0.1) is 0 Å². The fourth-order valence-electron chi connectivity index (χ4n) is 2.06. The van der Waals surface area contributed by atoms with Crippen LogP contribution in [0.2, 0.25) is 0 Å². The van der Waals surface area contributed by atoms with Gasteiger partial charge in [0.1, 0.15) is 0 Å². The maximum absolute atomic E-state index is 11.6. The van der Waals surface area contributed by atoms with Crippen LogP contribution < -0.4 is 5.69 Å². The zero-order valence-corrected chi connectivity index (χ0v) is 13.3. The number of nitrogens with zero attached hydrogens (tertiary/aromatic N) is 2. The molecule has 2 aromatic rings. The van der Waals surface area contributed by atoms with Crippen molar-refractivity contribution in [1.82, 2.24) is 15.0 Å². The summed E-state index contributed by atoms with van der Waals surface area (Å²) in [6.45, 7) is 0. The van der Waals surface area contributed by atoms with E-state index in [0.717, 1.165) is 17.4 Å². The highest BCUT2D eigenvalue weighted by Gasteiger charge is 2.18. The largest absolute Gasteiger partial charge is 0.349 e. The van der Waals surface area contributed by atoms with Crippen LogP contribution in [0.15, 0.2) is 45.4 Å². The summed E-state index contributed by atoms with van der Waals surface area (Å²) in [5.41, 5.74) is 0.895. The Morgan fingerprint density at radius 2 is 1.95 bits per heavy atom. The first kappa shape index (κ1) is 14.7. The SMILES string of the molecule is O=c1nc(SCc2ccccc2)nc(SCC2CCC2)[nH]1. The van der Waals surface area contributed by atoms with E-state index < -0.39 is 0 Å². The second kappa shape index (κ2) is 7.13.